The highest BCUT2D eigenvalue weighted by Crippen LogP contribution is 2.19. The predicted molar refractivity (Wildman–Crippen MR) is 65.0 cm³/mol. The zero-order valence-corrected chi connectivity index (χ0v) is 10.7. The van der Waals surface area contributed by atoms with Crippen LogP contribution >= 0.6 is 12.2 Å². The summed E-state index contributed by atoms with van der Waals surface area (Å²) in [4.78, 5) is 0. The largest absolute Gasteiger partial charge is 0.381 e. The van der Waals surface area contributed by atoms with Crippen LogP contribution in [0.4, 0.5) is 0 Å². The first-order valence-corrected chi connectivity index (χ1v) is 6.32. The fourth-order valence-corrected chi connectivity index (χ4v) is 2.34. The van der Waals surface area contributed by atoms with Crippen LogP contribution in [0.15, 0.2) is 0 Å². The van der Waals surface area contributed by atoms with Crippen molar-refractivity contribution in [3.63, 3.8) is 0 Å². The number of hydrogen-bond acceptors (Lipinski definition) is 3. The highest BCUT2D eigenvalue weighted by atomic mass is 32.1. The summed E-state index contributed by atoms with van der Waals surface area (Å²) in [5.41, 5.74) is 0. The van der Waals surface area contributed by atoms with E-state index in [4.69, 9.17) is 17.0 Å². The van der Waals surface area contributed by atoms with Gasteiger partial charge in [0, 0.05) is 25.7 Å². The molecule has 0 radical (unpaired) electrons. The van der Waals surface area contributed by atoms with E-state index < -0.39 is 0 Å². The molecule has 1 saturated heterocycles. The Labute approximate surface area is 101 Å². The normalized spacial score (nSPS) is 20.8. The third-order valence-electron chi connectivity index (χ3n) is 3.09. The Balaban J connectivity index is 2.02. The average molecular weight is 241 g/mol. The molecule has 1 fully saturated rings. The number of aromatic nitrogens is 3. The molecule has 4 nitrogen and oxygen atoms in total. The Morgan fingerprint density at radius 1 is 1.62 bits per heavy atom. The van der Waals surface area contributed by atoms with E-state index in [0.717, 1.165) is 36.8 Å². The SMILES string of the molecule is CC(C)c1n[nH]c(=S)n1CCC1CCOC1. The van der Waals surface area contributed by atoms with Crippen LogP contribution in [0.3, 0.4) is 0 Å². The molecule has 0 aromatic carbocycles. The van der Waals surface area contributed by atoms with Gasteiger partial charge in [-0.15, -0.1) is 0 Å². The molecule has 1 aliphatic heterocycles. The van der Waals surface area contributed by atoms with Crippen LogP contribution in [0, 0.1) is 10.7 Å². The molecule has 2 rings (SSSR count). The van der Waals surface area contributed by atoms with E-state index in [1.165, 1.54) is 6.42 Å². The Bertz CT molecular complexity index is 390. The van der Waals surface area contributed by atoms with Crippen molar-refractivity contribution < 1.29 is 4.74 Å². The van der Waals surface area contributed by atoms with E-state index in [9.17, 15) is 0 Å². The van der Waals surface area contributed by atoms with Crippen LogP contribution in [0.1, 0.15) is 38.4 Å². The van der Waals surface area contributed by atoms with Gasteiger partial charge in [0.1, 0.15) is 5.82 Å². The first-order valence-electron chi connectivity index (χ1n) is 5.91. The minimum absolute atomic E-state index is 0.410. The van der Waals surface area contributed by atoms with Gasteiger partial charge < -0.3 is 9.30 Å². The Morgan fingerprint density at radius 3 is 3.06 bits per heavy atom. The zero-order chi connectivity index (χ0) is 11.5. The Hall–Kier alpha value is -0.680. The molecule has 1 aromatic rings. The molecule has 1 aromatic heterocycles. The fourth-order valence-electron chi connectivity index (χ4n) is 2.11. The van der Waals surface area contributed by atoms with Crippen molar-refractivity contribution in [2.24, 2.45) is 5.92 Å². The summed E-state index contributed by atoms with van der Waals surface area (Å²) in [5, 5.41) is 7.15. The number of hydrogen-bond donors (Lipinski definition) is 1. The number of H-pyrrole nitrogens is 1. The lowest BCUT2D eigenvalue weighted by atomic mass is 10.1. The second kappa shape index (κ2) is 5.10. The van der Waals surface area contributed by atoms with E-state index in [1.54, 1.807) is 0 Å². The molecular weight excluding hydrogens is 222 g/mol. The van der Waals surface area contributed by atoms with Gasteiger partial charge in [-0.3, -0.25) is 5.10 Å². The topological polar surface area (TPSA) is 42.8 Å². The molecule has 90 valence electrons. The van der Waals surface area contributed by atoms with Gasteiger partial charge >= 0.3 is 0 Å². The summed E-state index contributed by atoms with van der Waals surface area (Å²) in [6.45, 7) is 7.05. The lowest BCUT2D eigenvalue weighted by molar-refractivity contribution is 0.183. The van der Waals surface area contributed by atoms with Crippen molar-refractivity contribution in [1.82, 2.24) is 14.8 Å². The maximum Gasteiger partial charge on any atom is 0.195 e. The Morgan fingerprint density at radius 2 is 2.44 bits per heavy atom. The van der Waals surface area contributed by atoms with Crippen molar-refractivity contribution >= 4 is 12.2 Å². The summed E-state index contributed by atoms with van der Waals surface area (Å²) in [6.07, 6.45) is 2.32. The predicted octanol–water partition coefficient (Wildman–Crippen LogP) is 2.49. The van der Waals surface area contributed by atoms with Crippen LogP contribution in [0.5, 0.6) is 0 Å². The van der Waals surface area contributed by atoms with E-state index in [2.05, 4.69) is 28.6 Å². The summed E-state index contributed by atoms with van der Waals surface area (Å²) >= 11 is 5.25. The van der Waals surface area contributed by atoms with Gasteiger partial charge in [0.25, 0.3) is 0 Å². The molecule has 1 N–H and O–H groups in total. The second-order valence-corrected chi connectivity index (χ2v) is 5.10. The Kier molecular flexibility index (Phi) is 3.76. The number of ether oxygens (including phenoxy) is 1. The minimum atomic E-state index is 0.410. The van der Waals surface area contributed by atoms with Gasteiger partial charge in [0.05, 0.1) is 0 Å². The number of rotatable bonds is 4. The number of nitrogens with one attached hydrogen (secondary N) is 1. The standard InChI is InChI=1S/C11H19N3OS/c1-8(2)10-12-13-11(16)14(10)5-3-9-4-6-15-7-9/h8-9H,3-7H2,1-2H3,(H,13,16). The fraction of sp³-hybridized carbons (Fsp3) is 0.818. The summed E-state index contributed by atoms with van der Waals surface area (Å²) in [5.74, 6) is 2.16. The van der Waals surface area contributed by atoms with Crippen LogP contribution in [0.2, 0.25) is 0 Å². The molecule has 1 aliphatic rings. The van der Waals surface area contributed by atoms with Crippen molar-refractivity contribution in [2.45, 2.75) is 39.2 Å². The first-order chi connectivity index (χ1) is 7.68. The summed E-state index contributed by atoms with van der Waals surface area (Å²) < 4.78 is 8.24. The van der Waals surface area contributed by atoms with Crippen LogP contribution in [-0.4, -0.2) is 28.0 Å². The molecule has 5 heteroatoms. The average Bonchev–Trinajstić information content (AvgIpc) is 2.84. The van der Waals surface area contributed by atoms with Crippen LogP contribution in [-0.2, 0) is 11.3 Å². The molecule has 2 heterocycles. The smallest absolute Gasteiger partial charge is 0.195 e. The maximum atomic E-state index is 5.38. The molecule has 1 unspecified atom stereocenters. The highest BCUT2D eigenvalue weighted by Gasteiger charge is 2.17. The molecule has 0 amide bonds. The number of aromatic amines is 1. The van der Waals surface area contributed by atoms with Crippen LogP contribution in [0.25, 0.3) is 0 Å². The van der Waals surface area contributed by atoms with Gasteiger partial charge in [-0.2, -0.15) is 5.10 Å². The van der Waals surface area contributed by atoms with Gasteiger partial charge in [-0.25, -0.2) is 0 Å². The van der Waals surface area contributed by atoms with Gasteiger partial charge in [0.15, 0.2) is 4.77 Å². The van der Waals surface area contributed by atoms with E-state index >= 15 is 0 Å². The van der Waals surface area contributed by atoms with E-state index in [1.807, 2.05) is 0 Å². The quantitative estimate of drug-likeness (QED) is 0.824. The molecule has 0 spiro atoms. The van der Waals surface area contributed by atoms with Crippen molar-refractivity contribution in [3.05, 3.63) is 10.6 Å². The molecule has 0 aliphatic carbocycles. The lowest BCUT2D eigenvalue weighted by Gasteiger charge is -2.11. The first kappa shape index (κ1) is 11.8. The van der Waals surface area contributed by atoms with Gasteiger partial charge in [-0.05, 0) is 31.0 Å². The van der Waals surface area contributed by atoms with Crippen molar-refractivity contribution in [1.29, 1.82) is 0 Å². The third-order valence-corrected chi connectivity index (χ3v) is 3.40. The van der Waals surface area contributed by atoms with Gasteiger partial charge in [-0.1, -0.05) is 13.8 Å². The molecular formula is C11H19N3OS. The molecule has 0 saturated carbocycles. The molecule has 0 bridgehead atoms. The highest BCUT2D eigenvalue weighted by molar-refractivity contribution is 7.71. The minimum Gasteiger partial charge on any atom is -0.381 e. The summed E-state index contributed by atoms with van der Waals surface area (Å²) in [6, 6.07) is 0. The summed E-state index contributed by atoms with van der Waals surface area (Å²) in [7, 11) is 0. The zero-order valence-electron chi connectivity index (χ0n) is 9.90. The molecule has 16 heavy (non-hydrogen) atoms. The van der Waals surface area contributed by atoms with E-state index in [0.29, 0.717) is 11.8 Å². The monoisotopic (exact) mass is 241 g/mol. The van der Waals surface area contributed by atoms with Crippen molar-refractivity contribution in [2.75, 3.05) is 13.2 Å². The lowest BCUT2D eigenvalue weighted by Crippen LogP contribution is -2.10. The van der Waals surface area contributed by atoms with E-state index in [-0.39, 0.29) is 0 Å². The van der Waals surface area contributed by atoms with Crippen LogP contribution < -0.4 is 0 Å². The van der Waals surface area contributed by atoms with Crippen molar-refractivity contribution in [3.8, 4) is 0 Å². The maximum absolute atomic E-state index is 5.38. The van der Waals surface area contributed by atoms with Gasteiger partial charge in [0.2, 0.25) is 0 Å². The third kappa shape index (κ3) is 2.52. The molecule has 1 atom stereocenters. The number of nitrogens with zero attached hydrogens (tertiary/aromatic N) is 2. The second-order valence-electron chi connectivity index (χ2n) is 4.71.